The minimum absolute atomic E-state index is 0.144. The second-order valence-electron chi connectivity index (χ2n) is 15.3. The van der Waals surface area contributed by atoms with Crippen molar-refractivity contribution in [3.63, 3.8) is 0 Å². The molecule has 8 aromatic carbocycles. The molecule has 0 spiro atoms. The zero-order valence-electron chi connectivity index (χ0n) is 30.0. The number of aromatic nitrogens is 2. The van der Waals surface area contributed by atoms with Crippen LogP contribution in [0.15, 0.2) is 174 Å². The van der Waals surface area contributed by atoms with Crippen molar-refractivity contribution in [2.24, 2.45) is 0 Å². The van der Waals surface area contributed by atoms with E-state index < -0.39 is 0 Å². The third-order valence-electron chi connectivity index (χ3n) is 12.1. The molecule has 1 aliphatic rings. The van der Waals surface area contributed by atoms with Gasteiger partial charge in [0.2, 0.25) is 0 Å². The van der Waals surface area contributed by atoms with Gasteiger partial charge in [-0.3, -0.25) is 0 Å². The standard InChI is InChI=1S/C51H34N2O/c1-51(2)41-19-11-9-17-35(41)37-24-27-43-47(49(37)51)40-29-31(22-26-42(40)52(43)33-13-5-3-6-14-33)32-21-23-39-45(30-32)53(34-15-7-4-8-16-34)44-28-25-38-36-18-10-12-20-46(36)54-50(38)48(39)44/h3-30H,1-2H3. The zero-order valence-corrected chi connectivity index (χ0v) is 30.0. The summed E-state index contributed by atoms with van der Waals surface area (Å²) in [5.41, 5.74) is 16.6. The van der Waals surface area contributed by atoms with Crippen molar-refractivity contribution in [1.82, 2.24) is 9.13 Å². The summed E-state index contributed by atoms with van der Waals surface area (Å²) in [7, 11) is 0. The van der Waals surface area contributed by atoms with E-state index in [0.29, 0.717) is 0 Å². The Hall–Kier alpha value is -6.84. The first-order valence-corrected chi connectivity index (χ1v) is 18.8. The van der Waals surface area contributed by atoms with Gasteiger partial charge in [0.25, 0.3) is 0 Å². The van der Waals surface area contributed by atoms with Crippen molar-refractivity contribution in [3.8, 4) is 33.6 Å². The number of furan rings is 1. The average Bonchev–Trinajstić information content (AvgIpc) is 3.93. The quantitative estimate of drug-likeness (QED) is 0.181. The normalized spacial score (nSPS) is 13.5. The molecule has 0 amide bonds. The lowest BCUT2D eigenvalue weighted by molar-refractivity contribution is 0.666. The molecule has 0 bridgehead atoms. The number of rotatable bonds is 3. The predicted octanol–water partition coefficient (Wildman–Crippen LogP) is 13.8. The van der Waals surface area contributed by atoms with E-state index in [1.54, 1.807) is 0 Å². The molecule has 3 aromatic heterocycles. The molecular weight excluding hydrogens is 657 g/mol. The van der Waals surface area contributed by atoms with Crippen molar-refractivity contribution < 1.29 is 4.42 Å². The number of hydrogen-bond acceptors (Lipinski definition) is 1. The molecule has 0 saturated carbocycles. The van der Waals surface area contributed by atoms with Gasteiger partial charge in [-0.15, -0.1) is 0 Å². The maximum absolute atomic E-state index is 6.63. The first-order chi connectivity index (χ1) is 26.6. The molecule has 11 aromatic rings. The van der Waals surface area contributed by atoms with E-state index in [4.69, 9.17) is 4.42 Å². The van der Waals surface area contributed by atoms with Crippen LogP contribution in [0.25, 0.3) is 99.2 Å². The largest absolute Gasteiger partial charge is 0.455 e. The summed E-state index contributed by atoms with van der Waals surface area (Å²) in [4.78, 5) is 0. The Bertz CT molecular complexity index is 3340. The lowest BCUT2D eigenvalue weighted by atomic mass is 9.80. The maximum atomic E-state index is 6.63. The van der Waals surface area contributed by atoms with Gasteiger partial charge in [0, 0.05) is 43.7 Å². The molecule has 0 saturated heterocycles. The third kappa shape index (κ3) is 3.85. The van der Waals surface area contributed by atoms with E-state index in [1.165, 1.54) is 66.3 Å². The summed E-state index contributed by atoms with van der Waals surface area (Å²) in [6, 6.07) is 62.0. The van der Waals surface area contributed by atoms with Gasteiger partial charge in [0.15, 0.2) is 0 Å². The fourth-order valence-corrected chi connectivity index (χ4v) is 9.74. The SMILES string of the molecule is CC1(C)c2ccccc2-c2ccc3c(c21)c1cc(-c2ccc4c5c6oc7ccccc7c6ccc5n(-c5ccccc5)c4c2)ccc1n3-c1ccccc1. The van der Waals surface area contributed by atoms with Crippen LogP contribution in [0.1, 0.15) is 25.0 Å². The molecule has 0 N–H and O–H groups in total. The molecule has 254 valence electrons. The molecule has 0 radical (unpaired) electrons. The molecule has 0 aliphatic heterocycles. The fraction of sp³-hybridized carbons (Fsp3) is 0.0588. The van der Waals surface area contributed by atoms with Gasteiger partial charge in [-0.05, 0) is 100 Å². The van der Waals surface area contributed by atoms with Crippen molar-refractivity contribution in [2.45, 2.75) is 19.3 Å². The van der Waals surface area contributed by atoms with Crippen LogP contribution >= 0.6 is 0 Å². The Morgan fingerprint density at radius 1 is 0.426 bits per heavy atom. The summed E-state index contributed by atoms with van der Waals surface area (Å²) in [5, 5.41) is 7.23. The number of fused-ring (bicyclic) bond motifs is 14. The van der Waals surface area contributed by atoms with E-state index in [9.17, 15) is 0 Å². The van der Waals surface area contributed by atoms with Crippen molar-refractivity contribution in [1.29, 1.82) is 0 Å². The molecule has 3 heterocycles. The monoisotopic (exact) mass is 690 g/mol. The third-order valence-corrected chi connectivity index (χ3v) is 12.1. The molecular formula is C51H34N2O. The molecule has 0 atom stereocenters. The minimum Gasteiger partial charge on any atom is -0.455 e. The van der Waals surface area contributed by atoms with Crippen molar-refractivity contribution in [2.75, 3.05) is 0 Å². The highest BCUT2D eigenvalue weighted by atomic mass is 16.3. The lowest BCUT2D eigenvalue weighted by Gasteiger charge is -2.22. The topological polar surface area (TPSA) is 23.0 Å². The Balaban J connectivity index is 1.15. The predicted molar refractivity (Wildman–Crippen MR) is 225 cm³/mol. The Labute approximate surface area is 311 Å². The Morgan fingerprint density at radius 3 is 1.85 bits per heavy atom. The number of benzene rings is 8. The molecule has 0 unspecified atom stereocenters. The summed E-state index contributed by atoms with van der Waals surface area (Å²) < 4.78 is 11.5. The summed E-state index contributed by atoms with van der Waals surface area (Å²) in [5.74, 6) is 0. The first kappa shape index (κ1) is 29.7. The Kier molecular flexibility index (Phi) is 5.84. The van der Waals surface area contributed by atoms with E-state index in [0.717, 1.165) is 44.0 Å². The molecule has 3 heteroatoms. The zero-order chi connectivity index (χ0) is 35.7. The van der Waals surface area contributed by atoms with E-state index in [2.05, 4.69) is 187 Å². The van der Waals surface area contributed by atoms with Crippen molar-refractivity contribution in [3.05, 3.63) is 181 Å². The van der Waals surface area contributed by atoms with Crippen LogP contribution in [0.2, 0.25) is 0 Å². The fourth-order valence-electron chi connectivity index (χ4n) is 9.74. The first-order valence-electron chi connectivity index (χ1n) is 18.8. The van der Waals surface area contributed by atoms with Gasteiger partial charge in [-0.1, -0.05) is 117 Å². The highest BCUT2D eigenvalue weighted by Crippen LogP contribution is 2.53. The summed E-state index contributed by atoms with van der Waals surface area (Å²) >= 11 is 0. The average molecular weight is 691 g/mol. The molecule has 3 nitrogen and oxygen atoms in total. The molecule has 1 aliphatic carbocycles. The van der Waals surface area contributed by atoms with Crippen LogP contribution in [-0.2, 0) is 5.41 Å². The lowest BCUT2D eigenvalue weighted by Crippen LogP contribution is -2.15. The molecule has 54 heavy (non-hydrogen) atoms. The Morgan fingerprint density at radius 2 is 1.04 bits per heavy atom. The number of para-hydroxylation sites is 3. The van der Waals surface area contributed by atoms with Gasteiger partial charge in [0.05, 0.1) is 27.5 Å². The summed E-state index contributed by atoms with van der Waals surface area (Å²) in [6.45, 7) is 4.78. The smallest absolute Gasteiger partial charge is 0.145 e. The maximum Gasteiger partial charge on any atom is 0.145 e. The van der Waals surface area contributed by atoms with Crippen LogP contribution < -0.4 is 0 Å². The highest BCUT2D eigenvalue weighted by molar-refractivity contribution is 6.24. The van der Waals surface area contributed by atoms with E-state index in [-0.39, 0.29) is 5.41 Å². The van der Waals surface area contributed by atoms with Crippen LogP contribution in [0.5, 0.6) is 0 Å². The van der Waals surface area contributed by atoms with Gasteiger partial charge < -0.3 is 13.6 Å². The van der Waals surface area contributed by atoms with Crippen LogP contribution in [0.3, 0.4) is 0 Å². The van der Waals surface area contributed by atoms with Crippen LogP contribution in [0, 0.1) is 0 Å². The van der Waals surface area contributed by atoms with E-state index in [1.807, 2.05) is 6.07 Å². The van der Waals surface area contributed by atoms with E-state index >= 15 is 0 Å². The minimum atomic E-state index is -0.144. The van der Waals surface area contributed by atoms with Gasteiger partial charge >= 0.3 is 0 Å². The molecule has 12 rings (SSSR count). The number of nitrogens with zero attached hydrogens (tertiary/aromatic N) is 2. The number of hydrogen-bond donors (Lipinski definition) is 0. The van der Waals surface area contributed by atoms with Gasteiger partial charge in [-0.2, -0.15) is 0 Å². The second kappa shape index (κ2) is 10.6. The highest BCUT2D eigenvalue weighted by Gasteiger charge is 2.38. The van der Waals surface area contributed by atoms with Crippen molar-refractivity contribution >= 4 is 65.6 Å². The molecule has 0 fully saturated rings. The summed E-state index contributed by atoms with van der Waals surface area (Å²) in [6.07, 6.45) is 0. The van der Waals surface area contributed by atoms with Crippen LogP contribution in [-0.4, -0.2) is 9.13 Å². The van der Waals surface area contributed by atoms with Gasteiger partial charge in [-0.25, -0.2) is 0 Å². The second-order valence-corrected chi connectivity index (χ2v) is 15.3. The van der Waals surface area contributed by atoms with Crippen LogP contribution in [0.4, 0.5) is 0 Å². The van der Waals surface area contributed by atoms with Gasteiger partial charge in [0.1, 0.15) is 11.2 Å².